The second kappa shape index (κ2) is 10.8. The van der Waals surface area contributed by atoms with Gasteiger partial charge in [0.1, 0.15) is 0 Å². The van der Waals surface area contributed by atoms with Crippen molar-refractivity contribution >= 4 is 23.4 Å². The fourth-order valence-electron chi connectivity index (χ4n) is 3.31. The number of rotatable bonds is 8. The number of benzene rings is 3. The summed E-state index contributed by atoms with van der Waals surface area (Å²) in [6.07, 6.45) is -0.614. The first-order valence-electron chi connectivity index (χ1n) is 10.9. The first-order valence-corrected chi connectivity index (χ1v) is 11.7. The van der Waals surface area contributed by atoms with Gasteiger partial charge in [0.2, 0.25) is 5.91 Å². The van der Waals surface area contributed by atoms with Crippen molar-refractivity contribution in [3.05, 3.63) is 96.1 Å². The second-order valence-electron chi connectivity index (χ2n) is 7.64. The number of hydrogen-bond donors (Lipinski definition) is 1. The maximum absolute atomic E-state index is 14.1. The average molecular weight is 488 g/mol. The Kier molecular flexibility index (Phi) is 7.43. The molecule has 4 rings (SSSR count). The van der Waals surface area contributed by atoms with Gasteiger partial charge in [-0.25, -0.2) is 4.39 Å². The molecule has 1 heterocycles. The highest BCUT2D eigenvalue weighted by Crippen LogP contribution is 2.31. The van der Waals surface area contributed by atoms with Gasteiger partial charge in [0.25, 0.3) is 0 Å². The molecule has 0 fully saturated rings. The lowest BCUT2D eigenvalue weighted by Gasteiger charge is -2.18. The zero-order valence-corrected chi connectivity index (χ0v) is 19.9. The third-order valence-corrected chi connectivity index (χ3v) is 6.15. The lowest BCUT2D eigenvalue weighted by molar-refractivity contribution is -0.115. The van der Waals surface area contributed by atoms with Crippen LogP contribution in [0.15, 0.2) is 84.0 Å². The standard InChI is InChI=1S/C26H22FN5O2S/c1-17(34-23-11-7-6-10-22(23)27)24-30-31-26(32(24)21-8-4-3-5-9-21)35-18(2)25(33)29-20-14-12-19(16-28)13-15-20/h3-15,17-18H,1-2H3,(H,29,33). The number of nitrogens with one attached hydrogen (secondary N) is 1. The van der Waals surface area contributed by atoms with Crippen LogP contribution < -0.4 is 10.1 Å². The number of nitriles is 1. The normalized spacial score (nSPS) is 12.4. The summed E-state index contributed by atoms with van der Waals surface area (Å²) in [6.45, 7) is 3.54. The number of hydrogen-bond acceptors (Lipinski definition) is 6. The van der Waals surface area contributed by atoms with E-state index in [2.05, 4.69) is 15.5 Å². The Bertz CT molecular complexity index is 1350. The maximum atomic E-state index is 14.1. The molecular weight excluding hydrogens is 465 g/mol. The monoisotopic (exact) mass is 487 g/mol. The van der Waals surface area contributed by atoms with Crippen LogP contribution in [0.25, 0.3) is 5.69 Å². The SMILES string of the molecule is CC(Sc1nnc(C(C)Oc2ccccc2F)n1-c1ccccc1)C(=O)Nc1ccc(C#N)cc1. The number of anilines is 1. The highest BCUT2D eigenvalue weighted by atomic mass is 32.2. The minimum Gasteiger partial charge on any atom is -0.480 e. The van der Waals surface area contributed by atoms with E-state index >= 15 is 0 Å². The Hall–Kier alpha value is -4.16. The molecule has 1 aromatic heterocycles. The van der Waals surface area contributed by atoms with E-state index in [1.54, 1.807) is 56.3 Å². The molecule has 7 nitrogen and oxygen atoms in total. The summed E-state index contributed by atoms with van der Waals surface area (Å²) in [5, 5.41) is 20.4. The minimum absolute atomic E-state index is 0.118. The van der Waals surface area contributed by atoms with Crippen LogP contribution in [0.2, 0.25) is 0 Å². The van der Waals surface area contributed by atoms with Crippen molar-refractivity contribution < 1.29 is 13.9 Å². The third kappa shape index (κ3) is 5.67. The number of ether oxygens (including phenoxy) is 1. The van der Waals surface area contributed by atoms with Crippen molar-refractivity contribution in [3.63, 3.8) is 0 Å². The molecule has 0 saturated carbocycles. The van der Waals surface area contributed by atoms with Crippen LogP contribution in [0.4, 0.5) is 10.1 Å². The number of thioether (sulfide) groups is 1. The Morgan fingerprint density at radius 1 is 1.03 bits per heavy atom. The molecule has 9 heteroatoms. The summed E-state index contributed by atoms with van der Waals surface area (Å²) in [5.41, 5.74) is 1.90. The van der Waals surface area contributed by atoms with E-state index in [0.717, 1.165) is 5.69 Å². The van der Waals surface area contributed by atoms with Crippen molar-refractivity contribution in [2.24, 2.45) is 0 Å². The van der Waals surface area contributed by atoms with Gasteiger partial charge in [-0.1, -0.05) is 42.1 Å². The summed E-state index contributed by atoms with van der Waals surface area (Å²) >= 11 is 1.24. The first kappa shape index (κ1) is 24.0. The van der Waals surface area contributed by atoms with Crippen LogP contribution in [0.5, 0.6) is 5.75 Å². The van der Waals surface area contributed by atoms with E-state index in [9.17, 15) is 9.18 Å². The molecule has 1 N–H and O–H groups in total. The average Bonchev–Trinajstić information content (AvgIpc) is 3.30. The van der Waals surface area contributed by atoms with Gasteiger partial charge in [-0.15, -0.1) is 10.2 Å². The van der Waals surface area contributed by atoms with Gasteiger partial charge in [-0.05, 0) is 62.4 Å². The second-order valence-corrected chi connectivity index (χ2v) is 8.95. The van der Waals surface area contributed by atoms with E-state index in [1.165, 1.54) is 17.8 Å². The predicted octanol–water partition coefficient (Wildman–Crippen LogP) is 5.54. The molecular formula is C26H22FN5O2S. The summed E-state index contributed by atoms with van der Waals surface area (Å²) < 4.78 is 21.8. The molecule has 0 spiro atoms. The van der Waals surface area contributed by atoms with Gasteiger partial charge < -0.3 is 10.1 Å². The number of halogens is 1. The van der Waals surface area contributed by atoms with Crippen LogP contribution >= 0.6 is 11.8 Å². The Labute approximate surface area is 206 Å². The van der Waals surface area contributed by atoms with Crippen molar-refractivity contribution in [3.8, 4) is 17.5 Å². The largest absolute Gasteiger partial charge is 0.480 e. The number of carbonyl (C=O) groups is 1. The van der Waals surface area contributed by atoms with Crippen LogP contribution in [0, 0.1) is 17.1 Å². The van der Waals surface area contributed by atoms with Gasteiger partial charge in [0.05, 0.1) is 16.9 Å². The molecule has 35 heavy (non-hydrogen) atoms. The lowest BCUT2D eigenvalue weighted by Crippen LogP contribution is -2.23. The number of carbonyl (C=O) groups excluding carboxylic acids is 1. The number of nitrogens with zero attached hydrogens (tertiary/aromatic N) is 4. The fourth-order valence-corrected chi connectivity index (χ4v) is 4.18. The zero-order valence-electron chi connectivity index (χ0n) is 19.1. The van der Waals surface area contributed by atoms with Crippen molar-refractivity contribution in [1.29, 1.82) is 5.26 Å². The Morgan fingerprint density at radius 3 is 2.40 bits per heavy atom. The molecule has 1 amide bonds. The summed E-state index contributed by atoms with van der Waals surface area (Å²) in [4.78, 5) is 12.8. The lowest BCUT2D eigenvalue weighted by atomic mass is 10.2. The van der Waals surface area contributed by atoms with E-state index in [0.29, 0.717) is 22.2 Å². The molecule has 0 bridgehead atoms. The molecule has 0 aliphatic heterocycles. The van der Waals surface area contributed by atoms with Crippen molar-refractivity contribution in [1.82, 2.24) is 14.8 Å². The molecule has 0 saturated heterocycles. The van der Waals surface area contributed by atoms with Crippen LogP contribution in [-0.4, -0.2) is 25.9 Å². The molecule has 4 aromatic rings. The molecule has 2 atom stereocenters. The Morgan fingerprint density at radius 2 is 1.71 bits per heavy atom. The van der Waals surface area contributed by atoms with E-state index in [-0.39, 0.29) is 11.7 Å². The highest BCUT2D eigenvalue weighted by molar-refractivity contribution is 8.00. The van der Waals surface area contributed by atoms with Gasteiger partial charge in [-0.2, -0.15) is 5.26 Å². The molecule has 0 radical (unpaired) electrons. The van der Waals surface area contributed by atoms with Gasteiger partial charge in [0, 0.05) is 11.4 Å². The molecule has 3 aromatic carbocycles. The van der Waals surface area contributed by atoms with Crippen LogP contribution in [0.1, 0.15) is 31.3 Å². The summed E-state index contributed by atoms with van der Waals surface area (Å²) in [7, 11) is 0. The molecule has 0 aliphatic rings. The third-order valence-electron chi connectivity index (χ3n) is 5.11. The van der Waals surface area contributed by atoms with Crippen LogP contribution in [0.3, 0.4) is 0 Å². The quantitative estimate of drug-likeness (QED) is 0.328. The number of amides is 1. The smallest absolute Gasteiger partial charge is 0.237 e. The van der Waals surface area contributed by atoms with Crippen molar-refractivity contribution in [2.45, 2.75) is 30.4 Å². The first-order chi connectivity index (χ1) is 17.0. The fraction of sp³-hybridized carbons (Fsp3) is 0.154. The van der Waals surface area contributed by atoms with E-state index < -0.39 is 17.2 Å². The van der Waals surface area contributed by atoms with Gasteiger partial charge >= 0.3 is 0 Å². The number of aromatic nitrogens is 3. The van der Waals surface area contributed by atoms with E-state index in [1.807, 2.05) is 41.0 Å². The minimum atomic E-state index is -0.614. The molecule has 0 aliphatic carbocycles. The highest BCUT2D eigenvalue weighted by Gasteiger charge is 2.25. The predicted molar refractivity (Wildman–Crippen MR) is 132 cm³/mol. The van der Waals surface area contributed by atoms with Crippen molar-refractivity contribution in [2.75, 3.05) is 5.32 Å². The number of para-hydroxylation sites is 2. The summed E-state index contributed by atoms with van der Waals surface area (Å²) in [5.74, 6) is -0.0963. The molecule has 2 unspecified atom stereocenters. The topological polar surface area (TPSA) is 92.8 Å². The summed E-state index contributed by atoms with van der Waals surface area (Å²) in [6, 6.07) is 24.3. The van der Waals surface area contributed by atoms with Crippen LogP contribution in [-0.2, 0) is 4.79 Å². The van der Waals surface area contributed by atoms with Gasteiger partial charge in [-0.3, -0.25) is 9.36 Å². The zero-order chi connectivity index (χ0) is 24.8. The maximum Gasteiger partial charge on any atom is 0.237 e. The van der Waals surface area contributed by atoms with E-state index in [4.69, 9.17) is 10.00 Å². The van der Waals surface area contributed by atoms with Gasteiger partial charge in [0.15, 0.2) is 28.7 Å². The molecule has 176 valence electrons. The Balaban J connectivity index is 1.57.